The Morgan fingerprint density at radius 3 is 1.14 bits per heavy atom. The van der Waals surface area contributed by atoms with Crippen LogP contribution < -0.4 is 9.80 Å². The highest BCUT2D eigenvalue weighted by molar-refractivity contribution is 6.15. The molecule has 4 heterocycles. The van der Waals surface area contributed by atoms with Gasteiger partial charge < -0.3 is 27.8 Å². The molecular weight excluding hydrogens is 1220 g/mol. The number of nitrogens with zero attached hydrogens (tertiary/aromatic N) is 4. The Morgan fingerprint density at radius 2 is 0.580 bits per heavy atom. The number of aromatic nitrogens is 2. The van der Waals surface area contributed by atoms with E-state index >= 15 is 0 Å². The average molecular weight is 1280 g/mol. The van der Waals surface area contributed by atoms with Crippen LogP contribution in [0.5, 0.6) is 0 Å². The molecule has 0 bridgehead atoms. The van der Waals surface area contributed by atoms with Crippen LogP contribution in [0.2, 0.25) is 0 Å². The molecule has 20 rings (SSSR count). The van der Waals surface area contributed by atoms with Crippen LogP contribution in [0.3, 0.4) is 0 Å². The zero-order valence-corrected chi connectivity index (χ0v) is 54.2. The van der Waals surface area contributed by atoms with E-state index in [4.69, 9.17) is 8.83 Å². The number of hydrogen-bond donors (Lipinski definition) is 0. The van der Waals surface area contributed by atoms with Gasteiger partial charge in [-0.05, 0) is 184 Å². The Morgan fingerprint density at radius 1 is 0.200 bits per heavy atom. The van der Waals surface area contributed by atoms with Crippen LogP contribution in [-0.2, 0) is 0 Å². The molecule has 100 heavy (non-hydrogen) atoms. The van der Waals surface area contributed by atoms with Crippen molar-refractivity contribution < 1.29 is 8.83 Å². The molecule has 6 nitrogen and oxygen atoms in total. The number of hydrogen-bond acceptors (Lipinski definition) is 4. The van der Waals surface area contributed by atoms with E-state index in [2.05, 4.69) is 383 Å². The molecule has 20 aromatic rings. The number of fused-ring (bicyclic) bond motifs is 13. The van der Waals surface area contributed by atoms with Crippen molar-refractivity contribution in [3.05, 3.63) is 364 Å². The van der Waals surface area contributed by atoms with Gasteiger partial charge in [0.2, 0.25) is 0 Å². The summed E-state index contributed by atoms with van der Waals surface area (Å²) in [5.41, 5.74) is 25.4. The summed E-state index contributed by atoms with van der Waals surface area (Å²) in [5.74, 6) is 0. The highest BCUT2D eigenvalue weighted by atomic mass is 16.3. The van der Waals surface area contributed by atoms with E-state index in [0.717, 1.165) is 134 Å². The normalized spacial score (nSPS) is 11.8. The summed E-state index contributed by atoms with van der Waals surface area (Å²) in [7, 11) is 0. The minimum absolute atomic E-state index is 0.812. The van der Waals surface area contributed by atoms with Crippen LogP contribution in [0.25, 0.3) is 154 Å². The lowest BCUT2D eigenvalue weighted by atomic mass is 9.99. The SMILES string of the molecule is c1ccc(N(c2ccc(-c3ccc(-n4c5ccccc5c5ccccc54)cc3)cc2)c2ccc3oc4c(-c5ccc6c(c5)oc5c(-c7cccc(N(c8ccc(-c9ccc(-n%10c%11ccccc%11c%11ccccc%11%10)cc9)cc8)c8ccc9ccccc9c8)c7)cccc56)cccc4c3c2)cc1. The maximum Gasteiger partial charge on any atom is 0.143 e. The maximum absolute atomic E-state index is 7.06. The van der Waals surface area contributed by atoms with E-state index in [1.165, 1.54) is 54.4 Å². The van der Waals surface area contributed by atoms with Crippen molar-refractivity contribution in [2.24, 2.45) is 0 Å². The van der Waals surface area contributed by atoms with E-state index < -0.39 is 0 Å². The summed E-state index contributed by atoms with van der Waals surface area (Å²) in [6.07, 6.45) is 0. The molecule has 0 unspecified atom stereocenters. The lowest BCUT2D eigenvalue weighted by Crippen LogP contribution is -2.10. The fraction of sp³-hybridized carbons (Fsp3) is 0. The van der Waals surface area contributed by atoms with Gasteiger partial charge in [-0.15, -0.1) is 0 Å². The lowest BCUT2D eigenvalue weighted by Gasteiger charge is -2.26. The van der Waals surface area contributed by atoms with Crippen LogP contribution in [0.1, 0.15) is 0 Å². The van der Waals surface area contributed by atoms with Crippen molar-refractivity contribution >= 4 is 132 Å². The molecule has 0 atom stereocenters. The van der Waals surface area contributed by atoms with E-state index in [-0.39, 0.29) is 0 Å². The van der Waals surface area contributed by atoms with Gasteiger partial charge in [0.05, 0.1) is 22.1 Å². The van der Waals surface area contributed by atoms with Gasteiger partial charge in [-0.1, -0.05) is 224 Å². The highest BCUT2D eigenvalue weighted by Crippen LogP contribution is 2.46. The third kappa shape index (κ3) is 9.41. The topological polar surface area (TPSA) is 42.6 Å². The van der Waals surface area contributed by atoms with E-state index in [0.29, 0.717) is 0 Å². The lowest BCUT2D eigenvalue weighted by molar-refractivity contribution is 0.669. The van der Waals surface area contributed by atoms with Crippen LogP contribution in [-0.4, -0.2) is 9.13 Å². The molecule has 0 saturated heterocycles. The minimum atomic E-state index is 0.812. The average Bonchev–Trinajstić information content (AvgIpc) is 1.61. The Bertz CT molecular complexity index is 6470. The number of furan rings is 2. The molecule has 0 radical (unpaired) electrons. The molecule has 6 heteroatoms. The first-order chi connectivity index (χ1) is 49.6. The third-order valence-electron chi connectivity index (χ3n) is 20.3. The Hall–Kier alpha value is -13.4. The zero-order valence-electron chi connectivity index (χ0n) is 54.2. The Balaban J connectivity index is 0.608. The molecule has 468 valence electrons. The van der Waals surface area contributed by atoms with E-state index in [1.54, 1.807) is 0 Å². The van der Waals surface area contributed by atoms with E-state index in [9.17, 15) is 0 Å². The predicted molar refractivity (Wildman–Crippen MR) is 418 cm³/mol. The van der Waals surface area contributed by atoms with Gasteiger partial charge in [-0.3, -0.25) is 0 Å². The molecule has 0 aliphatic heterocycles. The largest absolute Gasteiger partial charge is 0.455 e. The second-order valence-corrected chi connectivity index (χ2v) is 26.0. The molecule has 0 aliphatic carbocycles. The summed E-state index contributed by atoms with van der Waals surface area (Å²) in [6.45, 7) is 0. The van der Waals surface area contributed by atoms with Gasteiger partial charge in [0.25, 0.3) is 0 Å². The maximum atomic E-state index is 7.06. The van der Waals surface area contributed by atoms with Crippen LogP contribution in [0.15, 0.2) is 373 Å². The summed E-state index contributed by atoms with van der Waals surface area (Å²) in [6, 6.07) is 131. The fourth-order valence-electron chi connectivity index (χ4n) is 15.6. The first-order valence-electron chi connectivity index (χ1n) is 34.1. The third-order valence-corrected chi connectivity index (χ3v) is 20.3. The van der Waals surface area contributed by atoms with Crippen molar-refractivity contribution in [3.8, 4) is 55.9 Å². The number of rotatable bonds is 12. The molecule has 0 spiro atoms. The standard InChI is InChI=1S/C94H60N4O2/c1-2-20-69(21-3-1)95(70-45-35-62(36-46-70)64-39-49-72(50-40-64)97-87-31-10-6-23-79(87)80-24-7-11-32-88(80)97)76-54-56-91-86(60-76)85-30-16-28-78(94(85)99-91)68-44-55-83-84-29-15-27-77(93(84)100-92(83)59-68)67-19-14-22-74(58-67)96(75-53-43-61-17-4-5-18-66(61)57-75)71-47-37-63(38-48-71)65-41-51-73(52-42-65)98-89-33-12-8-25-81(89)82-26-9-13-34-90(82)98/h1-60H. The van der Waals surface area contributed by atoms with Gasteiger partial charge in [0.1, 0.15) is 22.3 Å². The Labute approximate surface area is 576 Å². The molecule has 0 N–H and O–H groups in total. The first kappa shape index (κ1) is 56.9. The highest BCUT2D eigenvalue weighted by Gasteiger charge is 2.22. The monoisotopic (exact) mass is 1280 g/mol. The quantitative estimate of drug-likeness (QED) is 0.122. The number of anilines is 6. The van der Waals surface area contributed by atoms with Crippen molar-refractivity contribution in [1.29, 1.82) is 0 Å². The number of para-hydroxylation sites is 7. The second-order valence-electron chi connectivity index (χ2n) is 26.0. The summed E-state index contributed by atoms with van der Waals surface area (Å²) < 4.78 is 18.7. The first-order valence-corrected chi connectivity index (χ1v) is 34.1. The summed E-state index contributed by atoms with van der Waals surface area (Å²) in [4.78, 5) is 4.69. The minimum Gasteiger partial charge on any atom is -0.455 e. The molecule has 16 aromatic carbocycles. The molecule has 4 aromatic heterocycles. The zero-order chi connectivity index (χ0) is 65.8. The number of benzene rings is 16. The smallest absolute Gasteiger partial charge is 0.143 e. The van der Waals surface area contributed by atoms with Crippen molar-refractivity contribution in [2.45, 2.75) is 0 Å². The van der Waals surface area contributed by atoms with Crippen molar-refractivity contribution in [3.63, 3.8) is 0 Å². The predicted octanol–water partition coefficient (Wildman–Crippen LogP) is 26.4. The van der Waals surface area contributed by atoms with Gasteiger partial charge in [0, 0.05) is 99.7 Å². The molecule has 0 saturated carbocycles. The van der Waals surface area contributed by atoms with Crippen molar-refractivity contribution in [1.82, 2.24) is 9.13 Å². The molecular formula is C94H60N4O2. The van der Waals surface area contributed by atoms with Gasteiger partial charge in [-0.25, -0.2) is 0 Å². The molecule has 0 amide bonds. The van der Waals surface area contributed by atoms with Gasteiger partial charge >= 0.3 is 0 Å². The second kappa shape index (κ2) is 23.2. The van der Waals surface area contributed by atoms with Crippen molar-refractivity contribution in [2.75, 3.05) is 9.80 Å². The van der Waals surface area contributed by atoms with E-state index in [1.807, 2.05) is 0 Å². The summed E-state index contributed by atoms with van der Waals surface area (Å²) >= 11 is 0. The summed E-state index contributed by atoms with van der Waals surface area (Å²) in [5, 5.41) is 11.6. The Kier molecular flexibility index (Phi) is 13.2. The fourth-order valence-corrected chi connectivity index (χ4v) is 15.6. The molecule has 0 aliphatic rings. The van der Waals surface area contributed by atoms with Crippen LogP contribution in [0.4, 0.5) is 34.1 Å². The van der Waals surface area contributed by atoms with Gasteiger partial charge in [-0.2, -0.15) is 0 Å². The van der Waals surface area contributed by atoms with Crippen LogP contribution >= 0.6 is 0 Å². The van der Waals surface area contributed by atoms with Crippen LogP contribution in [0, 0.1) is 0 Å². The van der Waals surface area contributed by atoms with Gasteiger partial charge in [0.15, 0.2) is 0 Å². The molecule has 0 fully saturated rings.